The van der Waals surface area contributed by atoms with Gasteiger partial charge in [-0.25, -0.2) is 0 Å². The molecule has 0 aromatic heterocycles. The van der Waals surface area contributed by atoms with Gasteiger partial charge in [0.2, 0.25) is 0 Å². The van der Waals surface area contributed by atoms with Crippen molar-refractivity contribution in [2.24, 2.45) is 0 Å². The summed E-state index contributed by atoms with van der Waals surface area (Å²) in [5.41, 5.74) is 1.21. The summed E-state index contributed by atoms with van der Waals surface area (Å²) in [6.07, 6.45) is 2.98. The molecule has 1 atom stereocenters. The molecule has 0 amide bonds. The Morgan fingerprint density at radius 2 is 2.00 bits per heavy atom. The molecular formula is C14H20O2. The molecule has 1 aromatic rings. The van der Waals surface area contributed by atoms with E-state index in [1.165, 1.54) is 12.0 Å². The second kappa shape index (κ2) is 4.98. The van der Waals surface area contributed by atoms with Gasteiger partial charge in [-0.15, -0.1) is 0 Å². The maximum atomic E-state index is 10.3. The first kappa shape index (κ1) is 11.6. The third kappa shape index (κ3) is 2.00. The van der Waals surface area contributed by atoms with Crippen LogP contribution in [0.2, 0.25) is 0 Å². The van der Waals surface area contributed by atoms with Crippen molar-refractivity contribution in [2.75, 3.05) is 13.2 Å². The van der Waals surface area contributed by atoms with E-state index in [1.807, 2.05) is 25.1 Å². The van der Waals surface area contributed by atoms with Gasteiger partial charge >= 0.3 is 0 Å². The lowest BCUT2D eigenvalue weighted by Crippen LogP contribution is -2.47. The first-order valence-electron chi connectivity index (χ1n) is 6.11. The fraction of sp³-hybridized carbons (Fsp3) is 0.571. The highest BCUT2D eigenvalue weighted by Gasteiger charge is 2.44. The maximum Gasteiger partial charge on any atom is 0.0869 e. The van der Waals surface area contributed by atoms with Gasteiger partial charge in [-0.1, -0.05) is 36.8 Å². The minimum absolute atomic E-state index is 0.0452. The van der Waals surface area contributed by atoms with Crippen LogP contribution in [0.4, 0.5) is 0 Å². The van der Waals surface area contributed by atoms with Crippen molar-refractivity contribution >= 4 is 0 Å². The molecular weight excluding hydrogens is 200 g/mol. The monoisotopic (exact) mass is 220 g/mol. The minimum atomic E-state index is -0.372. The van der Waals surface area contributed by atoms with E-state index < -0.39 is 0 Å². The molecule has 0 radical (unpaired) electrons. The molecule has 0 heterocycles. The molecule has 88 valence electrons. The zero-order chi connectivity index (χ0) is 11.4. The Hall–Kier alpha value is -0.860. The fourth-order valence-corrected chi connectivity index (χ4v) is 2.53. The van der Waals surface area contributed by atoms with Crippen LogP contribution in [0.15, 0.2) is 30.3 Å². The lowest BCUT2D eigenvalue weighted by Gasteiger charge is -2.46. The van der Waals surface area contributed by atoms with Crippen LogP contribution in [0.25, 0.3) is 0 Å². The van der Waals surface area contributed by atoms with Crippen LogP contribution in [0.5, 0.6) is 0 Å². The Labute approximate surface area is 97.3 Å². The number of hydrogen-bond donors (Lipinski definition) is 1. The van der Waals surface area contributed by atoms with Gasteiger partial charge in [0, 0.05) is 12.0 Å². The van der Waals surface area contributed by atoms with Crippen molar-refractivity contribution < 1.29 is 9.84 Å². The molecule has 1 aromatic carbocycles. The summed E-state index contributed by atoms with van der Waals surface area (Å²) in [6.45, 7) is 3.08. The first-order valence-corrected chi connectivity index (χ1v) is 6.11. The molecule has 1 aliphatic rings. The smallest absolute Gasteiger partial charge is 0.0869 e. The van der Waals surface area contributed by atoms with Gasteiger partial charge in [0.25, 0.3) is 0 Å². The number of aliphatic hydroxyl groups is 1. The standard InChI is InChI=1S/C14H20O2/c1-2-16-11-13(15)14(9-6-10-14)12-7-4-3-5-8-12/h3-5,7-8,13,15H,2,6,9-11H2,1H3. The molecule has 1 unspecified atom stereocenters. The van der Waals surface area contributed by atoms with Gasteiger partial charge in [-0.2, -0.15) is 0 Å². The first-order chi connectivity index (χ1) is 7.79. The Bertz CT molecular complexity index is 317. The average molecular weight is 220 g/mol. The van der Waals surface area contributed by atoms with E-state index in [4.69, 9.17) is 4.74 Å². The van der Waals surface area contributed by atoms with Gasteiger partial charge < -0.3 is 9.84 Å². The highest BCUT2D eigenvalue weighted by molar-refractivity contribution is 5.29. The van der Waals surface area contributed by atoms with Crippen molar-refractivity contribution in [2.45, 2.75) is 37.7 Å². The van der Waals surface area contributed by atoms with E-state index in [0.717, 1.165) is 12.8 Å². The molecule has 0 aliphatic heterocycles. The second-order valence-corrected chi connectivity index (χ2v) is 4.55. The molecule has 2 rings (SSSR count). The zero-order valence-corrected chi connectivity index (χ0v) is 9.86. The van der Waals surface area contributed by atoms with Crippen LogP contribution in [0.1, 0.15) is 31.7 Å². The van der Waals surface area contributed by atoms with Crippen LogP contribution >= 0.6 is 0 Å². The molecule has 16 heavy (non-hydrogen) atoms. The van der Waals surface area contributed by atoms with Crippen molar-refractivity contribution in [1.29, 1.82) is 0 Å². The fourth-order valence-electron chi connectivity index (χ4n) is 2.53. The molecule has 2 heteroatoms. The molecule has 1 fully saturated rings. The van der Waals surface area contributed by atoms with Gasteiger partial charge in [0.15, 0.2) is 0 Å². The number of hydrogen-bond acceptors (Lipinski definition) is 2. The van der Waals surface area contributed by atoms with Crippen LogP contribution in [0.3, 0.4) is 0 Å². The number of benzene rings is 1. The van der Waals surface area contributed by atoms with E-state index in [-0.39, 0.29) is 11.5 Å². The molecule has 0 saturated heterocycles. The van der Waals surface area contributed by atoms with Gasteiger partial charge in [0.05, 0.1) is 12.7 Å². The van der Waals surface area contributed by atoms with Crippen molar-refractivity contribution in [3.8, 4) is 0 Å². The molecule has 0 bridgehead atoms. The predicted molar refractivity (Wildman–Crippen MR) is 64.5 cm³/mol. The highest BCUT2D eigenvalue weighted by atomic mass is 16.5. The normalized spacial score (nSPS) is 20.1. The van der Waals surface area contributed by atoms with Gasteiger partial charge in [-0.3, -0.25) is 0 Å². The van der Waals surface area contributed by atoms with E-state index in [2.05, 4.69) is 12.1 Å². The quantitative estimate of drug-likeness (QED) is 0.826. The summed E-state index contributed by atoms with van der Waals surface area (Å²) in [5.74, 6) is 0. The SMILES string of the molecule is CCOCC(O)C1(c2ccccc2)CCC1. The average Bonchev–Trinajstić information content (AvgIpc) is 2.26. The van der Waals surface area contributed by atoms with Crippen LogP contribution < -0.4 is 0 Å². The minimum Gasteiger partial charge on any atom is -0.390 e. The van der Waals surface area contributed by atoms with E-state index in [1.54, 1.807) is 0 Å². The van der Waals surface area contributed by atoms with Crippen molar-refractivity contribution in [1.82, 2.24) is 0 Å². The topological polar surface area (TPSA) is 29.5 Å². The van der Waals surface area contributed by atoms with Crippen LogP contribution in [-0.2, 0) is 10.2 Å². The molecule has 1 saturated carbocycles. The Morgan fingerprint density at radius 1 is 1.31 bits per heavy atom. The molecule has 0 spiro atoms. The lowest BCUT2D eigenvalue weighted by molar-refractivity contribution is -0.0345. The Balaban J connectivity index is 2.13. The Morgan fingerprint density at radius 3 is 2.50 bits per heavy atom. The number of ether oxygens (including phenoxy) is 1. The zero-order valence-electron chi connectivity index (χ0n) is 9.86. The highest BCUT2D eigenvalue weighted by Crippen LogP contribution is 2.46. The lowest BCUT2D eigenvalue weighted by atomic mass is 9.61. The molecule has 1 N–H and O–H groups in total. The summed E-state index contributed by atoms with van der Waals surface area (Å²) < 4.78 is 5.35. The van der Waals surface area contributed by atoms with E-state index in [0.29, 0.717) is 13.2 Å². The van der Waals surface area contributed by atoms with Crippen molar-refractivity contribution in [3.63, 3.8) is 0 Å². The summed E-state index contributed by atoms with van der Waals surface area (Å²) >= 11 is 0. The molecule has 2 nitrogen and oxygen atoms in total. The van der Waals surface area contributed by atoms with E-state index in [9.17, 15) is 5.11 Å². The van der Waals surface area contributed by atoms with Gasteiger partial charge in [0.1, 0.15) is 0 Å². The summed E-state index contributed by atoms with van der Waals surface area (Å²) in [7, 11) is 0. The van der Waals surface area contributed by atoms with Crippen molar-refractivity contribution in [3.05, 3.63) is 35.9 Å². The third-order valence-electron chi connectivity index (χ3n) is 3.71. The largest absolute Gasteiger partial charge is 0.390 e. The molecule has 1 aliphatic carbocycles. The van der Waals surface area contributed by atoms with Crippen LogP contribution in [-0.4, -0.2) is 24.4 Å². The number of aliphatic hydroxyl groups excluding tert-OH is 1. The predicted octanol–water partition coefficient (Wildman–Crippen LogP) is 2.51. The third-order valence-corrected chi connectivity index (χ3v) is 3.71. The van der Waals surface area contributed by atoms with Gasteiger partial charge in [-0.05, 0) is 25.3 Å². The number of rotatable bonds is 5. The maximum absolute atomic E-state index is 10.3. The second-order valence-electron chi connectivity index (χ2n) is 4.55. The van der Waals surface area contributed by atoms with Crippen LogP contribution in [0, 0.1) is 0 Å². The summed E-state index contributed by atoms with van der Waals surface area (Å²) in [5, 5.41) is 10.3. The summed E-state index contributed by atoms with van der Waals surface area (Å²) in [6, 6.07) is 10.3. The van der Waals surface area contributed by atoms with E-state index >= 15 is 0 Å². The Kier molecular flexibility index (Phi) is 3.62. The summed E-state index contributed by atoms with van der Waals surface area (Å²) in [4.78, 5) is 0.